The molecule has 64 valence electrons. The maximum absolute atomic E-state index is 13.1. The van der Waals surface area contributed by atoms with E-state index in [9.17, 15) is 4.39 Å². The van der Waals surface area contributed by atoms with Crippen molar-refractivity contribution in [3.05, 3.63) is 34.1 Å². The second-order valence-corrected chi connectivity index (χ2v) is 4.54. The van der Waals surface area contributed by atoms with Crippen LogP contribution >= 0.6 is 15.9 Å². The lowest BCUT2D eigenvalue weighted by Crippen LogP contribution is -1.99. The minimum absolute atomic E-state index is 0.152. The first-order valence-corrected chi connectivity index (χ1v) is 4.87. The van der Waals surface area contributed by atoms with Crippen LogP contribution in [0, 0.1) is 5.82 Å². The minimum atomic E-state index is -0.152. The van der Waals surface area contributed by atoms with E-state index < -0.39 is 0 Å². The Kier molecular flexibility index (Phi) is 1.76. The van der Waals surface area contributed by atoms with Crippen LogP contribution in [-0.2, 0) is 5.41 Å². The highest BCUT2D eigenvalue weighted by Gasteiger charge is 2.39. The van der Waals surface area contributed by atoms with Gasteiger partial charge in [-0.25, -0.2) is 4.39 Å². The van der Waals surface area contributed by atoms with Gasteiger partial charge in [-0.05, 0) is 51.9 Å². The van der Waals surface area contributed by atoms with Crippen LogP contribution in [0.3, 0.4) is 0 Å². The van der Waals surface area contributed by atoms with Crippen LogP contribution < -0.4 is 0 Å². The first kappa shape index (κ1) is 8.24. The molecule has 12 heavy (non-hydrogen) atoms. The highest BCUT2D eigenvalue weighted by Crippen LogP contribution is 2.47. The average Bonchev–Trinajstić information content (AvgIpc) is 2.75. The fourth-order valence-electron chi connectivity index (χ4n) is 1.35. The summed E-state index contributed by atoms with van der Waals surface area (Å²) in [7, 11) is 0. The number of benzene rings is 1. The molecule has 0 unspecified atom stereocenters. The summed E-state index contributed by atoms with van der Waals surface area (Å²) in [5.74, 6) is -0.152. The zero-order valence-electron chi connectivity index (χ0n) is 6.90. The van der Waals surface area contributed by atoms with Crippen molar-refractivity contribution in [2.75, 3.05) is 0 Å². The molecule has 0 spiro atoms. The number of halogens is 2. The lowest BCUT2D eigenvalue weighted by molar-refractivity contribution is 0.614. The van der Waals surface area contributed by atoms with Crippen molar-refractivity contribution in [3.8, 4) is 0 Å². The molecule has 0 aliphatic heterocycles. The molecule has 0 bridgehead atoms. The Bertz CT molecular complexity index is 316. The molecule has 0 atom stereocenters. The molecule has 2 heteroatoms. The molecule has 1 saturated carbocycles. The van der Waals surface area contributed by atoms with Gasteiger partial charge in [0.1, 0.15) is 5.82 Å². The molecule has 0 amide bonds. The molecule has 1 fully saturated rings. The van der Waals surface area contributed by atoms with Gasteiger partial charge in [-0.3, -0.25) is 0 Å². The standard InChI is InChI=1S/C10H10BrF/c1-10(4-5-10)7-2-3-8(11)9(12)6-7/h2-3,6H,4-5H2,1H3. The van der Waals surface area contributed by atoms with Crippen molar-refractivity contribution in [1.82, 2.24) is 0 Å². The fourth-order valence-corrected chi connectivity index (χ4v) is 1.59. The van der Waals surface area contributed by atoms with E-state index in [1.807, 2.05) is 6.07 Å². The summed E-state index contributed by atoms with van der Waals surface area (Å²) >= 11 is 3.14. The van der Waals surface area contributed by atoms with Crippen LogP contribution in [0.15, 0.2) is 22.7 Å². The summed E-state index contributed by atoms with van der Waals surface area (Å²) in [6, 6.07) is 5.42. The van der Waals surface area contributed by atoms with E-state index in [0.29, 0.717) is 4.47 Å². The van der Waals surface area contributed by atoms with E-state index in [2.05, 4.69) is 22.9 Å². The highest BCUT2D eigenvalue weighted by molar-refractivity contribution is 9.10. The summed E-state index contributed by atoms with van der Waals surface area (Å²) in [6.07, 6.45) is 2.38. The Balaban J connectivity index is 2.41. The van der Waals surface area contributed by atoms with E-state index in [1.165, 1.54) is 12.8 Å². The second-order valence-electron chi connectivity index (χ2n) is 3.69. The van der Waals surface area contributed by atoms with Gasteiger partial charge in [0.05, 0.1) is 4.47 Å². The van der Waals surface area contributed by atoms with Crippen molar-refractivity contribution >= 4 is 15.9 Å². The Morgan fingerprint density at radius 1 is 1.42 bits per heavy atom. The van der Waals surface area contributed by atoms with E-state index in [1.54, 1.807) is 12.1 Å². The van der Waals surface area contributed by atoms with E-state index in [4.69, 9.17) is 0 Å². The molecule has 0 nitrogen and oxygen atoms in total. The average molecular weight is 229 g/mol. The molecular formula is C10H10BrF. The third-order valence-electron chi connectivity index (χ3n) is 2.62. The maximum atomic E-state index is 13.1. The lowest BCUT2D eigenvalue weighted by atomic mass is 9.99. The van der Waals surface area contributed by atoms with Crippen LogP contribution in [0.1, 0.15) is 25.3 Å². The van der Waals surface area contributed by atoms with Gasteiger partial charge in [-0.15, -0.1) is 0 Å². The van der Waals surface area contributed by atoms with Crippen molar-refractivity contribution in [1.29, 1.82) is 0 Å². The topological polar surface area (TPSA) is 0 Å². The zero-order chi connectivity index (χ0) is 8.77. The van der Waals surface area contributed by atoms with Crippen LogP contribution in [0.25, 0.3) is 0 Å². The quantitative estimate of drug-likeness (QED) is 0.689. The largest absolute Gasteiger partial charge is 0.206 e. The molecule has 0 heterocycles. The van der Waals surface area contributed by atoms with Crippen LogP contribution in [0.4, 0.5) is 4.39 Å². The summed E-state index contributed by atoms with van der Waals surface area (Å²) in [5, 5.41) is 0. The molecule has 0 aromatic heterocycles. The molecule has 1 aromatic rings. The minimum Gasteiger partial charge on any atom is -0.206 e. The van der Waals surface area contributed by atoms with Gasteiger partial charge in [-0.2, -0.15) is 0 Å². The molecular weight excluding hydrogens is 219 g/mol. The van der Waals surface area contributed by atoms with Gasteiger partial charge >= 0.3 is 0 Å². The highest BCUT2D eigenvalue weighted by atomic mass is 79.9. The summed E-state index contributed by atoms with van der Waals surface area (Å²) in [6.45, 7) is 2.18. The molecule has 1 aliphatic carbocycles. The fraction of sp³-hybridized carbons (Fsp3) is 0.400. The predicted molar refractivity (Wildman–Crippen MR) is 50.7 cm³/mol. The van der Waals surface area contributed by atoms with Gasteiger partial charge in [0.15, 0.2) is 0 Å². The van der Waals surface area contributed by atoms with Crippen molar-refractivity contribution in [2.24, 2.45) is 0 Å². The van der Waals surface area contributed by atoms with Gasteiger partial charge in [-0.1, -0.05) is 13.0 Å². The van der Waals surface area contributed by atoms with Crippen LogP contribution in [0.2, 0.25) is 0 Å². The second kappa shape index (κ2) is 2.56. The SMILES string of the molecule is CC1(c2ccc(Br)c(F)c2)CC1. The maximum Gasteiger partial charge on any atom is 0.137 e. The van der Waals surface area contributed by atoms with E-state index >= 15 is 0 Å². The Hall–Kier alpha value is -0.370. The first-order valence-electron chi connectivity index (χ1n) is 4.07. The van der Waals surface area contributed by atoms with E-state index in [0.717, 1.165) is 5.56 Å². The van der Waals surface area contributed by atoms with Gasteiger partial charge in [0.25, 0.3) is 0 Å². The van der Waals surface area contributed by atoms with Gasteiger partial charge < -0.3 is 0 Å². The lowest BCUT2D eigenvalue weighted by Gasteiger charge is -2.08. The van der Waals surface area contributed by atoms with Gasteiger partial charge in [0, 0.05) is 0 Å². The summed E-state index contributed by atoms with van der Waals surface area (Å²) in [4.78, 5) is 0. The van der Waals surface area contributed by atoms with Crippen molar-refractivity contribution in [2.45, 2.75) is 25.2 Å². The molecule has 0 saturated heterocycles. The van der Waals surface area contributed by atoms with Gasteiger partial charge in [0.2, 0.25) is 0 Å². The third-order valence-corrected chi connectivity index (χ3v) is 3.26. The predicted octanol–water partition coefficient (Wildman–Crippen LogP) is 3.64. The normalized spacial score (nSPS) is 19.2. The van der Waals surface area contributed by atoms with Crippen LogP contribution in [-0.4, -0.2) is 0 Å². The van der Waals surface area contributed by atoms with E-state index in [-0.39, 0.29) is 11.2 Å². The molecule has 0 radical (unpaired) electrons. The van der Waals surface area contributed by atoms with Crippen molar-refractivity contribution < 1.29 is 4.39 Å². The molecule has 1 aliphatic rings. The van der Waals surface area contributed by atoms with Crippen LogP contribution in [0.5, 0.6) is 0 Å². The third kappa shape index (κ3) is 1.28. The van der Waals surface area contributed by atoms with Crippen molar-refractivity contribution in [3.63, 3.8) is 0 Å². The first-order chi connectivity index (χ1) is 5.62. The number of hydrogen-bond acceptors (Lipinski definition) is 0. The smallest absolute Gasteiger partial charge is 0.137 e. The monoisotopic (exact) mass is 228 g/mol. The zero-order valence-corrected chi connectivity index (χ0v) is 8.49. The molecule has 2 rings (SSSR count). The number of hydrogen-bond donors (Lipinski definition) is 0. The Labute approximate surface area is 79.9 Å². The summed E-state index contributed by atoms with van der Waals surface area (Å²) < 4.78 is 13.6. The molecule has 1 aromatic carbocycles. The Morgan fingerprint density at radius 2 is 2.08 bits per heavy atom. The summed E-state index contributed by atoms with van der Waals surface area (Å²) in [5.41, 5.74) is 1.39. The Morgan fingerprint density at radius 3 is 2.58 bits per heavy atom. The number of rotatable bonds is 1. The molecule has 0 N–H and O–H groups in total.